The largest absolute Gasteiger partial charge is 0.340 e. The van der Waals surface area contributed by atoms with E-state index in [1.54, 1.807) is 6.33 Å². The standard InChI is InChI=1S/C20H19N5/c1-13-5-4-6-16(10-13)24-19-17-11-23-25(20(17)22-12-21-19)18-8-7-14(2)9-15(18)3/h4-12H,1-3H3,(H,21,22,24). The van der Waals surface area contributed by atoms with Crippen LogP contribution in [0, 0.1) is 20.8 Å². The molecule has 5 nitrogen and oxygen atoms in total. The van der Waals surface area contributed by atoms with Crippen molar-refractivity contribution >= 4 is 22.5 Å². The average molecular weight is 329 g/mol. The molecule has 0 bridgehead atoms. The SMILES string of the molecule is Cc1cccc(Nc2ncnc3c2cnn3-c2ccc(C)cc2C)c1. The summed E-state index contributed by atoms with van der Waals surface area (Å²) in [7, 11) is 0. The van der Waals surface area contributed by atoms with Crippen LogP contribution in [0.3, 0.4) is 0 Å². The topological polar surface area (TPSA) is 55.6 Å². The van der Waals surface area contributed by atoms with Crippen molar-refractivity contribution in [2.45, 2.75) is 20.8 Å². The first-order valence-corrected chi connectivity index (χ1v) is 8.22. The van der Waals surface area contributed by atoms with E-state index < -0.39 is 0 Å². The summed E-state index contributed by atoms with van der Waals surface area (Å²) in [5, 5.41) is 8.81. The second kappa shape index (κ2) is 6.02. The van der Waals surface area contributed by atoms with Gasteiger partial charge in [-0.15, -0.1) is 0 Å². The molecule has 0 aliphatic rings. The molecule has 2 heterocycles. The van der Waals surface area contributed by atoms with E-state index in [9.17, 15) is 0 Å². The number of aryl methyl sites for hydroxylation is 3. The summed E-state index contributed by atoms with van der Waals surface area (Å²) in [4.78, 5) is 8.85. The van der Waals surface area contributed by atoms with E-state index in [1.807, 2.05) is 23.0 Å². The van der Waals surface area contributed by atoms with Gasteiger partial charge in [0.15, 0.2) is 5.65 Å². The predicted octanol–water partition coefficient (Wildman–Crippen LogP) is 4.48. The molecule has 0 fully saturated rings. The molecule has 0 aliphatic carbocycles. The number of hydrogen-bond donors (Lipinski definition) is 1. The molecule has 0 amide bonds. The summed E-state index contributed by atoms with van der Waals surface area (Å²) in [6.45, 7) is 6.24. The van der Waals surface area contributed by atoms with Gasteiger partial charge in [0.05, 0.1) is 17.3 Å². The zero-order chi connectivity index (χ0) is 17.4. The number of hydrogen-bond acceptors (Lipinski definition) is 4. The zero-order valence-corrected chi connectivity index (χ0v) is 14.5. The number of fused-ring (bicyclic) bond motifs is 1. The highest BCUT2D eigenvalue weighted by Gasteiger charge is 2.12. The molecular formula is C20H19N5. The van der Waals surface area contributed by atoms with Gasteiger partial charge in [-0.2, -0.15) is 5.10 Å². The maximum absolute atomic E-state index is 4.55. The highest BCUT2D eigenvalue weighted by atomic mass is 15.3. The molecule has 4 aromatic rings. The van der Waals surface area contributed by atoms with Crippen LogP contribution >= 0.6 is 0 Å². The molecule has 0 atom stereocenters. The Hall–Kier alpha value is -3.21. The number of aromatic nitrogens is 4. The molecule has 2 aromatic heterocycles. The lowest BCUT2D eigenvalue weighted by molar-refractivity contribution is 0.886. The number of rotatable bonds is 3. The summed E-state index contributed by atoms with van der Waals surface area (Å²) in [5.74, 6) is 0.756. The summed E-state index contributed by atoms with van der Waals surface area (Å²) in [6.07, 6.45) is 3.38. The van der Waals surface area contributed by atoms with Gasteiger partial charge in [-0.25, -0.2) is 14.6 Å². The van der Waals surface area contributed by atoms with Crippen LogP contribution in [0.25, 0.3) is 16.7 Å². The van der Waals surface area contributed by atoms with Gasteiger partial charge >= 0.3 is 0 Å². The molecule has 0 saturated heterocycles. The predicted molar refractivity (Wildman–Crippen MR) is 101 cm³/mol. The molecule has 0 saturated carbocycles. The average Bonchev–Trinajstić information content (AvgIpc) is 3.00. The fourth-order valence-corrected chi connectivity index (χ4v) is 3.02. The number of anilines is 2. The number of benzene rings is 2. The van der Waals surface area contributed by atoms with Crippen LogP contribution < -0.4 is 5.32 Å². The van der Waals surface area contributed by atoms with Gasteiger partial charge in [0, 0.05) is 5.69 Å². The van der Waals surface area contributed by atoms with E-state index in [1.165, 1.54) is 11.1 Å². The van der Waals surface area contributed by atoms with Crippen LogP contribution in [0.5, 0.6) is 0 Å². The second-order valence-electron chi connectivity index (χ2n) is 6.30. The van der Waals surface area contributed by atoms with Gasteiger partial charge in [-0.05, 0) is 50.1 Å². The second-order valence-corrected chi connectivity index (χ2v) is 6.30. The molecule has 1 N–H and O–H groups in total. The smallest absolute Gasteiger partial charge is 0.168 e. The third kappa shape index (κ3) is 2.85. The first-order valence-electron chi connectivity index (χ1n) is 8.22. The molecule has 4 rings (SSSR count). The van der Waals surface area contributed by atoms with Crippen LogP contribution in [0.1, 0.15) is 16.7 Å². The summed E-state index contributed by atoms with van der Waals surface area (Å²) in [5.41, 5.74) is 6.41. The Bertz CT molecular complexity index is 1060. The minimum absolute atomic E-state index is 0.756. The Labute approximate surface area is 146 Å². The van der Waals surface area contributed by atoms with Gasteiger partial charge in [0.25, 0.3) is 0 Å². The Morgan fingerprint density at radius 1 is 0.920 bits per heavy atom. The summed E-state index contributed by atoms with van der Waals surface area (Å²) >= 11 is 0. The fourth-order valence-electron chi connectivity index (χ4n) is 3.02. The maximum atomic E-state index is 4.55. The van der Waals surface area contributed by atoms with Gasteiger partial charge in [-0.3, -0.25) is 0 Å². The highest BCUT2D eigenvalue weighted by molar-refractivity contribution is 5.89. The van der Waals surface area contributed by atoms with E-state index in [0.29, 0.717) is 0 Å². The Morgan fingerprint density at radius 2 is 1.76 bits per heavy atom. The van der Waals surface area contributed by atoms with E-state index in [-0.39, 0.29) is 0 Å². The van der Waals surface area contributed by atoms with E-state index >= 15 is 0 Å². The van der Waals surface area contributed by atoms with Crippen LogP contribution in [-0.2, 0) is 0 Å². The van der Waals surface area contributed by atoms with Crippen molar-refractivity contribution < 1.29 is 0 Å². The van der Waals surface area contributed by atoms with Gasteiger partial charge in [0.1, 0.15) is 12.1 Å². The van der Waals surface area contributed by atoms with E-state index in [2.05, 4.69) is 71.5 Å². The zero-order valence-electron chi connectivity index (χ0n) is 14.5. The molecule has 2 aromatic carbocycles. The van der Waals surface area contributed by atoms with E-state index in [0.717, 1.165) is 33.8 Å². The first kappa shape index (κ1) is 15.3. The Balaban J connectivity index is 1.80. The molecule has 5 heteroatoms. The third-order valence-electron chi connectivity index (χ3n) is 4.23. The van der Waals surface area contributed by atoms with Gasteiger partial charge in [0.2, 0.25) is 0 Å². The monoisotopic (exact) mass is 329 g/mol. The van der Waals surface area contributed by atoms with Crippen LogP contribution in [0.4, 0.5) is 11.5 Å². The maximum Gasteiger partial charge on any atom is 0.168 e. The van der Waals surface area contributed by atoms with Crippen molar-refractivity contribution in [3.63, 3.8) is 0 Å². The van der Waals surface area contributed by atoms with Crippen molar-refractivity contribution in [1.29, 1.82) is 0 Å². The van der Waals surface area contributed by atoms with Crippen LogP contribution in [0.15, 0.2) is 55.0 Å². The molecule has 0 unspecified atom stereocenters. The van der Waals surface area contributed by atoms with E-state index in [4.69, 9.17) is 0 Å². The molecule has 25 heavy (non-hydrogen) atoms. The van der Waals surface area contributed by atoms with Gasteiger partial charge < -0.3 is 5.32 Å². The summed E-state index contributed by atoms with van der Waals surface area (Å²) in [6, 6.07) is 14.5. The molecule has 0 radical (unpaired) electrons. The minimum atomic E-state index is 0.756. The van der Waals surface area contributed by atoms with Gasteiger partial charge in [-0.1, -0.05) is 29.8 Å². The number of nitrogens with zero attached hydrogens (tertiary/aromatic N) is 4. The summed E-state index contributed by atoms with van der Waals surface area (Å²) < 4.78 is 1.87. The molecule has 124 valence electrons. The quantitative estimate of drug-likeness (QED) is 0.602. The van der Waals surface area contributed by atoms with Crippen molar-refractivity contribution in [3.8, 4) is 5.69 Å². The van der Waals surface area contributed by atoms with Crippen LogP contribution in [0.2, 0.25) is 0 Å². The lowest BCUT2D eigenvalue weighted by Gasteiger charge is -2.09. The Morgan fingerprint density at radius 3 is 2.56 bits per heavy atom. The lowest BCUT2D eigenvalue weighted by Crippen LogP contribution is -2.01. The van der Waals surface area contributed by atoms with Crippen LogP contribution in [-0.4, -0.2) is 19.7 Å². The molecular weight excluding hydrogens is 310 g/mol. The normalized spacial score (nSPS) is 11.0. The van der Waals surface area contributed by atoms with Crippen molar-refractivity contribution in [2.24, 2.45) is 0 Å². The van der Waals surface area contributed by atoms with Crippen molar-refractivity contribution in [1.82, 2.24) is 19.7 Å². The third-order valence-corrected chi connectivity index (χ3v) is 4.23. The van der Waals surface area contributed by atoms with Crippen molar-refractivity contribution in [3.05, 3.63) is 71.7 Å². The number of nitrogens with one attached hydrogen (secondary N) is 1. The van der Waals surface area contributed by atoms with Crippen molar-refractivity contribution in [2.75, 3.05) is 5.32 Å². The minimum Gasteiger partial charge on any atom is -0.340 e. The fraction of sp³-hybridized carbons (Fsp3) is 0.150. The molecule has 0 aliphatic heterocycles. The Kier molecular flexibility index (Phi) is 3.69. The molecule has 0 spiro atoms. The highest BCUT2D eigenvalue weighted by Crippen LogP contribution is 2.26. The first-order chi connectivity index (χ1) is 12.1. The lowest BCUT2D eigenvalue weighted by atomic mass is 10.1.